The van der Waals surface area contributed by atoms with E-state index in [-0.39, 0.29) is 30.0 Å². The van der Waals surface area contributed by atoms with Crippen LogP contribution in [-0.4, -0.2) is 32.7 Å². The molecule has 1 atom stereocenters. The van der Waals surface area contributed by atoms with Crippen molar-refractivity contribution in [3.8, 4) is 11.5 Å². The monoisotopic (exact) mass is 433 g/mol. The summed E-state index contributed by atoms with van der Waals surface area (Å²) in [4.78, 5) is 26.8. The number of ether oxygens (including phenoxy) is 3. The Hall–Kier alpha value is -3.49. The highest BCUT2D eigenvalue weighted by atomic mass is 19.4. The van der Waals surface area contributed by atoms with Crippen LogP contribution >= 0.6 is 0 Å². The smallest absolute Gasteiger partial charge is 0.416 e. The fourth-order valence-corrected chi connectivity index (χ4v) is 3.95. The lowest BCUT2D eigenvalue weighted by Crippen LogP contribution is -2.37. The minimum atomic E-state index is -4.56. The van der Waals surface area contributed by atoms with Gasteiger partial charge >= 0.3 is 12.1 Å². The summed E-state index contributed by atoms with van der Waals surface area (Å²) in [5.41, 5.74) is 0.213. The van der Waals surface area contributed by atoms with Gasteiger partial charge in [0.05, 0.1) is 31.1 Å². The first-order chi connectivity index (χ1) is 14.7. The van der Waals surface area contributed by atoms with Crippen LogP contribution in [0.25, 0.3) is 0 Å². The van der Waals surface area contributed by atoms with E-state index in [1.807, 2.05) is 0 Å². The molecule has 0 saturated carbocycles. The van der Waals surface area contributed by atoms with Crippen LogP contribution in [0.5, 0.6) is 11.5 Å². The van der Waals surface area contributed by atoms with Crippen LogP contribution in [-0.2, 0) is 20.5 Å². The number of esters is 1. The molecular weight excluding hydrogens is 415 g/mol. The van der Waals surface area contributed by atoms with Crippen LogP contribution in [0.1, 0.15) is 23.5 Å². The van der Waals surface area contributed by atoms with Crippen molar-refractivity contribution in [2.75, 3.05) is 25.7 Å². The number of alkyl halides is 3. The zero-order valence-electron chi connectivity index (χ0n) is 16.7. The minimum Gasteiger partial charge on any atom is -0.497 e. The molecule has 0 N–H and O–H groups in total. The normalized spacial score (nSPS) is 18.7. The van der Waals surface area contributed by atoms with E-state index in [9.17, 15) is 22.8 Å². The number of hydrogen-bond acceptors (Lipinski definition) is 5. The molecule has 0 saturated heterocycles. The van der Waals surface area contributed by atoms with Gasteiger partial charge in [-0.25, -0.2) is 4.79 Å². The van der Waals surface area contributed by atoms with Gasteiger partial charge in [-0.05, 0) is 24.3 Å². The van der Waals surface area contributed by atoms with Gasteiger partial charge in [0.1, 0.15) is 18.1 Å². The average molecular weight is 433 g/mol. The van der Waals surface area contributed by atoms with Crippen LogP contribution in [0.3, 0.4) is 0 Å². The summed E-state index contributed by atoms with van der Waals surface area (Å²) in [5.74, 6) is -0.741. The molecule has 0 bridgehead atoms. The highest BCUT2D eigenvalue weighted by molar-refractivity contribution is 6.06. The first kappa shape index (κ1) is 20.8. The number of amides is 1. The van der Waals surface area contributed by atoms with E-state index in [1.54, 1.807) is 18.2 Å². The maximum absolute atomic E-state index is 13.2. The molecule has 0 unspecified atom stereocenters. The second-order valence-electron chi connectivity index (χ2n) is 7.08. The second kappa shape index (κ2) is 7.64. The Kier molecular flexibility index (Phi) is 5.12. The van der Waals surface area contributed by atoms with Crippen molar-refractivity contribution >= 4 is 17.6 Å². The molecule has 6 nitrogen and oxygen atoms in total. The van der Waals surface area contributed by atoms with Crippen molar-refractivity contribution in [1.82, 2.24) is 0 Å². The predicted molar refractivity (Wildman–Crippen MR) is 104 cm³/mol. The van der Waals surface area contributed by atoms with Crippen LogP contribution in [0.2, 0.25) is 0 Å². The van der Waals surface area contributed by atoms with Crippen molar-refractivity contribution < 1.29 is 37.0 Å². The molecule has 0 radical (unpaired) electrons. The number of anilines is 1. The highest BCUT2D eigenvalue weighted by Crippen LogP contribution is 2.45. The number of carbonyl (C=O) groups excluding carboxylic acids is 2. The summed E-state index contributed by atoms with van der Waals surface area (Å²) < 4.78 is 55.3. The molecule has 0 spiro atoms. The summed E-state index contributed by atoms with van der Waals surface area (Å²) >= 11 is 0. The van der Waals surface area contributed by atoms with E-state index < -0.39 is 29.5 Å². The zero-order valence-corrected chi connectivity index (χ0v) is 16.7. The minimum absolute atomic E-state index is 0.0331. The van der Waals surface area contributed by atoms with Gasteiger partial charge in [0.15, 0.2) is 0 Å². The Morgan fingerprint density at radius 1 is 1.06 bits per heavy atom. The van der Waals surface area contributed by atoms with Crippen LogP contribution < -0.4 is 14.4 Å². The van der Waals surface area contributed by atoms with E-state index in [2.05, 4.69) is 0 Å². The third kappa shape index (κ3) is 3.60. The maximum atomic E-state index is 13.2. The van der Waals surface area contributed by atoms with Crippen molar-refractivity contribution in [3.63, 3.8) is 0 Å². The quantitative estimate of drug-likeness (QED) is 0.681. The number of halogens is 3. The van der Waals surface area contributed by atoms with Crippen molar-refractivity contribution in [1.29, 1.82) is 0 Å². The Labute approximate surface area is 175 Å². The fourth-order valence-electron chi connectivity index (χ4n) is 3.95. The zero-order chi connectivity index (χ0) is 22.3. The van der Waals surface area contributed by atoms with Crippen molar-refractivity contribution in [2.24, 2.45) is 0 Å². The second-order valence-corrected chi connectivity index (χ2v) is 7.08. The number of rotatable bonds is 4. The molecule has 2 aromatic carbocycles. The van der Waals surface area contributed by atoms with E-state index in [1.165, 1.54) is 26.4 Å². The molecule has 0 aliphatic carbocycles. The summed E-state index contributed by atoms with van der Waals surface area (Å²) in [7, 11) is 2.96. The first-order valence-corrected chi connectivity index (χ1v) is 9.37. The van der Waals surface area contributed by atoms with Crippen LogP contribution in [0, 0.1) is 0 Å². The van der Waals surface area contributed by atoms with Gasteiger partial charge < -0.3 is 14.2 Å². The number of hydrogen-bond donors (Lipinski definition) is 0. The maximum Gasteiger partial charge on any atom is 0.416 e. The number of carbonyl (C=O) groups is 2. The largest absolute Gasteiger partial charge is 0.497 e. The molecule has 2 aliphatic heterocycles. The Bertz CT molecular complexity index is 1090. The summed E-state index contributed by atoms with van der Waals surface area (Å²) in [5, 5.41) is 0. The summed E-state index contributed by atoms with van der Waals surface area (Å²) in [6.07, 6.45) is -4.69. The molecule has 31 heavy (non-hydrogen) atoms. The lowest BCUT2D eigenvalue weighted by molar-refractivity contribution is -0.138. The molecule has 9 heteroatoms. The predicted octanol–water partition coefficient (Wildman–Crippen LogP) is 4.05. The Morgan fingerprint density at radius 2 is 1.84 bits per heavy atom. The van der Waals surface area contributed by atoms with Gasteiger partial charge in [0.2, 0.25) is 5.91 Å². The first-order valence-electron chi connectivity index (χ1n) is 9.37. The van der Waals surface area contributed by atoms with Gasteiger partial charge in [-0.1, -0.05) is 12.1 Å². The lowest BCUT2D eigenvalue weighted by atomic mass is 9.83. The highest BCUT2D eigenvalue weighted by Gasteiger charge is 2.44. The molecule has 2 aromatic rings. The lowest BCUT2D eigenvalue weighted by Gasteiger charge is -2.32. The van der Waals surface area contributed by atoms with Gasteiger partial charge in [-0.15, -0.1) is 0 Å². The molecule has 1 amide bonds. The SMILES string of the molecule is COc1ccc([C@@H]2CC(=O)N(c3cccc(C(F)(F)F)c3)C3=C2C(=O)OC3)c(OC)c1. The molecule has 2 heterocycles. The summed E-state index contributed by atoms with van der Waals surface area (Å²) in [6, 6.07) is 9.46. The summed E-state index contributed by atoms with van der Waals surface area (Å²) in [6.45, 7) is -0.203. The Balaban J connectivity index is 1.83. The van der Waals surface area contributed by atoms with Crippen LogP contribution in [0.15, 0.2) is 53.7 Å². The molecular formula is C22H18F3NO5. The molecule has 0 aromatic heterocycles. The van der Waals surface area contributed by atoms with Crippen LogP contribution in [0.4, 0.5) is 18.9 Å². The van der Waals surface area contributed by atoms with Gasteiger partial charge in [0.25, 0.3) is 0 Å². The average Bonchev–Trinajstić information content (AvgIpc) is 3.13. The fraction of sp³-hybridized carbons (Fsp3) is 0.273. The van der Waals surface area contributed by atoms with E-state index in [4.69, 9.17) is 14.2 Å². The van der Waals surface area contributed by atoms with E-state index in [0.717, 1.165) is 17.0 Å². The van der Waals surface area contributed by atoms with Crippen molar-refractivity contribution in [3.05, 3.63) is 64.9 Å². The van der Waals surface area contributed by atoms with E-state index in [0.29, 0.717) is 17.1 Å². The topological polar surface area (TPSA) is 65.1 Å². The molecule has 0 fully saturated rings. The standard InChI is InChI=1S/C22H18F3NO5/c1-29-14-6-7-15(18(9-14)30-2)16-10-19(27)26(17-11-31-21(28)20(16)17)13-5-3-4-12(8-13)22(23,24)25/h3-9,16H,10-11H2,1-2H3/t16-/m0/s1. The van der Waals surface area contributed by atoms with Gasteiger partial charge in [-0.2, -0.15) is 13.2 Å². The third-order valence-corrected chi connectivity index (χ3v) is 5.37. The van der Waals surface area contributed by atoms with Gasteiger partial charge in [-0.3, -0.25) is 9.69 Å². The van der Waals surface area contributed by atoms with Crippen molar-refractivity contribution in [2.45, 2.75) is 18.5 Å². The van der Waals surface area contributed by atoms with Gasteiger partial charge in [0, 0.05) is 29.7 Å². The number of benzene rings is 2. The third-order valence-electron chi connectivity index (χ3n) is 5.37. The molecule has 162 valence electrons. The van der Waals surface area contributed by atoms with E-state index >= 15 is 0 Å². The number of nitrogens with zero attached hydrogens (tertiary/aromatic N) is 1. The molecule has 2 aliphatic rings. The number of methoxy groups -OCH3 is 2. The molecule has 4 rings (SSSR count). The number of cyclic esters (lactones) is 1. The Morgan fingerprint density at radius 3 is 2.52 bits per heavy atom.